The van der Waals surface area contributed by atoms with Crippen LogP contribution >= 0.6 is 0 Å². The number of sulfonamides is 2. The summed E-state index contributed by atoms with van der Waals surface area (Å²) in [6.45, 7) is 1.28. The van der Waals surface area contributed by atoms with Crippen LogP contribution in [0.3, 0.4) is 0 Å². The zero-order chi connectivity index (χ0) is 17.7. The lowest BCUT2D eigenvalue weighted by Crippen LogP contribution is -2.27. The third kappa shape index (κ3) is 6.12. The van der Waals surface area contributed by atoms with Gasteiger partial charge in [0.1, 0.15) is 10.7 Å². The van der Waals surface area contributed by atoms with E-state index in [1.807, 2.05) is 4.72 Å². The number of anilines is 1. The number of hydrogen-bond acceptors (Lipinski definition) is 5. The molecule has 0 heterocycles. The molecule has 0 spiro atoms. The lowest BCUT2D eigenvalue weighted by Gasteiger charge is -2.10. The molecule has 0 atom stereocenters. The van der Waals surface area contributed by atoms with Gasteiger partial charge in [-0.25, -0.2) is 25.9 Å². The average Bonchev–Trinajstić information content (AvgIpc) is 2.36. The second-order valence-corrected chi connectivity index (χ2v) is 8.18. The summed E-state index contributed by atoms with van der Waals surface area (Å²) in [5, 5.41) is 8.45. The highest BCUT2D eigenvalue weighted by Gasteiger charge is 2.20. The number of carboxylic acids is 1. The molecule has 0 aliphatic heterocycles. The maximum Gasteiger partial charge on any atom is 0.304 e. The Bertz CT molecular complexity index is 777. The lowest BCUT2D eigenvalue weighted by atomic mass is 10.3. The first-order valence-electron chi connectivity index (χ1n) is 6.59. The summed E-state index contributed by atoms with van der Waals surface area (Å²) in [6, 6.07) is 2.77. The molecule has 1 rings (SSSR count). The van der Waals surface area contributed by atoms with Gasteiger partial charge in [-0.15, -0.1) is 0 Å². The molecule has 0 unspecified atom stereocenters. The quantitative estimate of drug-likeness (QED) is 0.589. The fraction of sp³-hybridized carbons (Fsp3) is 0.417. The number of aliphatic carboxylic acids is 1. The SMILES string of the molecule is CCCS(=O)(=O)Nc1ccc(S(=O)(=O)NCCC(=O)O)c(F)c1. The number of carbonyl (C=O) groups is 1. The molecule has 3 N–H and O–H groups in total. The fourth-order valence-electron chi connectivity index (χ4n) is 1.65. The molecule has 0 amide bonds. The maximum atomic E-state index is 13.9. The average molecular weight is 368 g/mol. The molecule has 130 valence electrons. The number of rotatable bonds is 9. The van der Waals surface area contributed by atoms with Crippen LogP contribution in [0, 0.1) is 5.82 Å². The first kappa shape index (κ1) is 19.3. The third-order valence-electron chi connectivity index (χ3n) is 2.60. The predicted octanol–water partition coefficient (Wildman–Crippen LogP) is 0.730. The summed E-state index contributed by atoms with van der Waals surface area (Å²) < 4.78 is 64.9. The summed E-state index contributed by atoms with van der Waals surface area (Å²) in [7, 11) is -7.84. The summed E-state index contributed by atoms with van der Waals surface area (Å²) in [6.07, 6.45) is -0.0759. The fourth-order valence-corrected chi connectivity index (χ4v) is 3.87. The summed E-state index contributed by atoms with van der Waals surface area (Å²) in [4.78, 5) is 9.65. The van der Waals surface area contributed by atoms with E-state index in [4.69, 9.17) is 5.11 Å². The number of halogens is 1. The second kappa shape index (κ2) is 7.70. The van der Waals surface area contributed by atoms with E-state index in [0.717, 1.165) is 18.2 Å². The van der Waals surface area contributed by atoms with Crippen molar-refractivity contribution < 1.29 is 31.1 Å². The number of nitrogens with one attached hydrogen (secondary N) is 2. The van der Waals surface area contributed by atoms with E-state index in [0.29, 0.717) is 6.42 Å². The number of hydrogen-bond donors (Lipinski definition) is 3. The molecule has 0 saturated carbocycles. The van der Waals surface area contributed by atoms with Gasteiger partial charge in [0.25, 0.3) is 0 Å². The van der Waals surface area contributed by atoms with Crippen molar-refractivity contribution in [2.24, 2.45) is 0 Å². The van der Waals surface area contributed by atoms with E-state index in [9.17, 15) is 26.0 Å². The molecule has 0 aromatic heterocycles. The van der Waals surface area contributed by atoms with Gasteiger partial charge in [-0.3, -0.25) is 9.52 Å². The van der Waals surface area contributed by atoms with Crippen LogP contribution in [-0.4, -0.2) is 40.2 Å². The molecule has 23 heavy (non-hydrogen) atoms. The second-order valence-electron chi connectivity index (χ2n) is 4.61. The minimum atomic E-state index is -4.22. The molecule has 0 bridgehead atoms. The van der Waals surface area contributed by atoms with Gasteiger partial charge < -0.3 is 5.11 Å². The monoisotopic (exact) mass is 368 g/mol. The highest BCUT2D eigenvalue weighted by Crippen LogP contribution is 2.20. The Morgan fingerprint density at radius 1 is 1.26 bits per heavy atom. The molecular formula is C12H17FN2O6S2. The van der Waals surface area contributed by atoms with E-state index in [2.05, 4.69) is 4.72 Å². The van der Waals surface area contributed by atoms with Gasteiger partial charge in [0.05, 0.1) is 17.9 Å². The van der Waals surface area contributed by atoms with Crippen molar-refractivity contribution in [3.8, 4) is 0 Å². The van der Waals surface area contributed by atoms with Crippen molar-refractivity contribution in [3.05, 3.63) is 24.0 Å². The van der Waals surface area contributed by atoms with Crippen molar-refractivity contribution >= 4 is 31.7 Å². The van der Waals surface area contributed by atoms with Crippen molar-refractivity contribution in [1.29, 1.82) is 0 Å². The van der Waals surface area contributed by atoms with Gasteiger partial charge in [0, 0.05) is 6.54 Å². The highest BCUT2D eigenvalue weighted by molar-refractivity contribution is 7.92. The Kier molecular flexibility index (Phi) is 6.47. The molecule has 0 fully saturated rings. The molecule has 11 heteroatoms. The van der Waals surface area contributed by atoms with Crippen LogP contribution in [0.2, 0.25) is 0 Å². The highest BCUT2D eigenvalue weighted by atomic mass is 32.2. The normalized spacial score (nSPS) is 12.1. The van der Waals surface area contributed by atoms with E-state index in [1.165, 1.54) is 0 Å². The van der Waals surface area contributed by atoms with Gasteiger partial charge in [-0.05, 0) is 24.6 Å². The van der Waals surface area contributed by atoms with E-state index in [1.54, 1.807) is 6.92 Å². The van der Waals surface area contributed by atoms with Crippen LogP contribution < -0.4 is 9.44 Å². The van der Waals surface area contributed by atoms with Gasteiger partial charge >= 0.3 is 5.97 Å². The minimum absolute atomic E-state index is 0.0968. The van der Waals surface area contributed by atoms with E-state index < -0.39 is 43.1 Å². The molecule has 8 nitrogen and oxygen atoms in total. The minimum Gasteiger partial charge on any atom is -0.481 e. The van der Waals surface area contributed by atoms with Crippen LogP contribution in [0.15, 0.2) is 23.1 Å². The number of carboxylic acid groups (broad SMARTS) is 1. The summed E-state index contributed by atoms with van der Waals surface area (Å²) >= 11 is 0. The summed E-state index contributed by atoms with van der Waals surface area (Å²) in [5.41, 5.74) is -0.0968. The molecule has 0 aliphatic carbocycles. The lowest BCUT2D eigenvalue weighted by molar-refractivity contribution is -0.136. The standard InChI is InChI=1S/C12H17FN2O6S2/c1-2-7-22(18,19)15-9-3-4-11(10(13)8-9)23(20,21)14-6-5-12(16)17/h3-4,8,14-15H,2,5-7H2,1H3,(H,16,17). The smallest absolute Gasteiger partial charge is 0.304 e. The van der Waals surface area contributed by atoms with Crippen molar-refractivity contribution in [2.75, 3.05) is 17.0 Å². The van der Waals surface area contributed by atoms with Crippen LogP contribution in [0.5, 0.6) is 0 Å². The zero-order valence-electron chi connectivity index (χ0n) is 12.2. The van der Waals surface area contributed by atoms with E-state index in [-0.39, 0.29) is 18.0 Å². The van der Waals surface area contributed by atoms with Crippen LogP contribution in [0.25, 0.3) is 0 Å². The molecule has 0 radical (unpaired) electrons. The topological polar surface area (TPSA) is 130 Å². The van der Waals surface area contributed by atoms with Crippen molar-refractivity contribution in [1.82, 2.24) is 4.72 Å². The van der Waals surface area contributed by atoms with Crippen LogP contribution in [-0.2, 0) is 24.8 Å². The van der Waals surface area contributed by atoms with Crippen molar-refractivity contribution in [2.45, 2.75) is 24.7 Å². The Labute approximate surface area is 133 Å². The van der Waals surface area contributed by atoms with Crippen molar-refractivity contribution in [3.63, 3.8) is 0 Å². The Morgan fingerprint density at radius 3 is 2.43 bits per heavy atom. The Balaban J connectivity index is 2.93. The van der Waals surface area contributed by atoms with Crippen LogP contribution in [0.4, 0.5) is 10.1 Å². The molecular weight excluding hydrogens is 351 g/mol. The first-order valence-corrected chi connectivity index (χ1v) is 9.72. The van der Waals surface area contributed by atoms with E-state index >= 15 is 0 Å². The summed E-state index contributed by atoms with van der Waals surface area (Å²) in [5.74, 6) is -2.50. The Morgan fingerprint density at radius 2 is 1.91 bits per heavy atom. The van der Waals surface area contributed by atoms with Gasteiger partial charge in [-0.2, -0.15) is 0 Å². The van der Waals surface area contributed by atoms with Gasteiger partial charge in [0.2, 0.25) is 20.0 Å². The molecule has 1 aromatic carbocycles. The van der Waals surface area contributed by atoms with Gasteiger partial charge in [-0.1, -0.05) is 6.92 Å². The largest absolute Gasteiger partial charge is 0.481 e. The molecule has 1 aromatic rings. The first-order chi connectivity index (χ1) is 10.6. The van der Waals surface area contributed by atoms with Crippen LogP contribution in [0.1, 0.15) is 19.8 Å². The number of benzene rings is 1. The maximum absolute atomic E-state index is 13.9. The molecule has 0 saturated heterocycles. The zero-order valence-corrected chi connectivity index (χ0v) is 13.9. The van der Waals surface area contributed by atoms with Gasteiger partial charge in [0.15, 0.2) is 0 Å². The third-order valence-corrected chi connectivity index (χ3v) is 5.59. The Hall–Kier alpha value is -1.72. The predicted molar refractivity (Wildman–Crippen MR) is 81.5 cm³/mol. The molecule has 0 aliphatic rings.